The van der Waals surface area contributed by atoms with Gasteiger partial charge in [0.25, 0.3) is 0 Å². The van der Waals surface area contributed by atoms with E-state index in [-0.39, 0.29) is 47.4 Å². The lowest BCUT2D eigenvalue weighted by molar-refractivity contribution is -0.141. The summed E-state index contributed by atoms with van der Waals surface area (Å²) in [5, 5.41) is 0.643. The maximum Gasteiger partial charge on any atom is 0.312 e. The summed E-state index contributed by atoms with van der Waals surface area (Å²) in [6.45, 7) is 0.0326. The molecule has 7 heteroatoms. The van der Waals surface area contributed by atoms with Gasteiger partial charge in [0, 0.05) is 12.6 Å². The number of carbonyl (C=O) groups is 3. The van der Waals surface area contributed by atoms with Crippen LogP contribution >= 0.6 is 23.2 Å². The molecule has 0 N–H and O–H groups in total. The molecule has 0 spiro atoms. The van der Waals surface area contributed by atoms with E-state index in [0.29, 0.717) is 17.9 Å². The summed E-state index contributed by atoms with van der Waals surface area (Å²) in [6.07, 6.45) is 4.95. The van der Waals surface area contributed by atoms with Crippen LogP contribution in [0.25, 0.3) is 0 Å². The van der Waals surface area contributed by atoms with E-state index in [1.807, 2.05) is 12.2 Å². The molecule has 0 saturated carbocycles. The molecule has 1 aromatic rings. The average molecular weight is 368 g/mol. The van der Waals surface area contributed by atoms with Crippen LogP contribution in [0.3, 0.4) is 0 Å². The Morgan fingerprint density at radius 3 is 2.29 bits per heavy atom. The third kappa shape index (κ3) is 3.32. The number of likely N-dealkylation sites (tertiary alicyclic amines) is 1. The van der Waals surface area contributed by atoms with Crippen LogP contribution in [0.2, 0.25) is 10.0 Å². The lowest BCUT2D eigenvalue weighted by Gasteiger charge is -2.14. The van der Waals surface area contributed by atoms with E-state index in [9.17, 15) is 14.4 Å². The second-order valence-electron chi connectivity index (χ2n) is 5.78. The molecule has 3 rings (SSSR count). The summed E-state index contributed by atoms with van der Waals surface area (Å²) in [5.41, 5.74) is 0. The number of esters is 1. The molecule has 1 aliphatic carbocycles. The predicted molar refractivity (Wildman–Crippen MR) is 88.8 cm³/mol. The highest BCUT2D eigenvalue weighted by Crippen LogP contribution is 2.35. The Kier molecular flexibility index (Phi) is 4.92. The van der Waals surface area contributed by atoms with E-state index < -0.39 is 5.97 Å². The molecule has 1 aliphatic heterocycles. The fraction of sp³-hybridized carbons (Fsp3) is 0.353. The fourth-order valence-corrected chi connectivity index (χ4v) is 3.30. The van der Waals surface area contributed by atoms with Gasteiger partial charge in [0.15, 0.2) is 0 Å². The van der Waals surface area contributed by atoms with E-state index in [0.717, 1.165) is 0 Å². The summed E-state index contributed by atoms with van der Waals surface area (Å²) in [4.78, 5) is 37.7. The number of hydrogen-bond donors (Lipinski definition) is 0. The van der Waals surface area contributed by atoms with Crippen LogP contribution in [0.5, 0.6) is 5.75 Å². The number of imide groups is 1. The fourth-order valence-electron chi connectivity index (χ4n) is 3.02. The molecule has 0 aromatic heterocycles. The van der Waals surface area contributed by atoms with Gasteiger partial charge in [-0.3, -0.25) is 19.3 Å². The Labute approximate surface area is 149 Å². The SMILES string of the molecule is O=C(CCN1C(=O)[C@H]2CC=CC[C@H]2C1=O)Oc1ccc(Cl)c(Cl)c1. The monoisotopic (exact) mass is 367 g/mol. The highest BCUT2D eigenvalue weighted by molar-refractivity contribution is 6.42. The van der Waals surface area contributed by atoms with Gasteiger partial charge >= 0.3 is 5.97 Å². The first-order valence-electron chi connectivity index (χ1n) is 7.63. The van der Waals surface area contributed by atoms with Crippen molar-refractivity contribution < 1.29 is 19.1 Å². The summed E-state index contributed by atoms with van der Waals surface area (Å²) in [5.74, 6) is -1.23. The standard InChI is InChI=1S/C17H15Cl2NO4/c18-13-6-5-10(9-14(13)19)24-15(21)7-8-20-16(22)11-3-1-2-4-12(11)17(20)23/h1-2,5-6,9,11-12H,3-4,7-8H2/t11-,12+. The lowest BCUT2D eigenvalue weighted by atomic mass is 9.85. The molecule has 1 aromatic carbocycles. The number of nitrogens with zero attached hydrogens (tertiary/aromatic N) is 1. The number of allylic oxidation sites excluding steroid dienone is 2. The number of amides is 2. The first-order chi connectivity index (χ1) is 11.5. The van der Waals surface area contributed by atoms with Crippen LogP contribution in [-0.2, 0) is 14.4 Å². The van der Waals surface area contributed by atoms with Gasteiger partial charge in [0.05, 0.1) is 28.3 Å². The average Bonchev–Trinajstić information content (AvgIpc) is 2.81. The van der Waals surface area contributed by atoms with Crippen molar-refractivity contribution in [3.8, 4) is 5.75 Å². The van der Waals surface area contributed by atoms with Gasteiger partial charge in [0.1, 0.15) is 5.75 Å². The number of halogens is 2. The Hall–Kier alpha value is -1.85. The Balaban J connectivity index is 1.57. The van der Waals surface area contributed by atoms with Gasteiger partial charge in [-0.05, 0) is 25.0 Å². The van der Waals surface area contributed by atoms with Crippen molar-refractivity contribution in [1.29, 1.82) is 0 Å². The minimum absolute atomic E-state index is 0.0326. The molecule has 1 fully saturated rings. The molecule has 1 saturated heterocycles. The summed E-state index contributed by atoms with van der Waals surface area (Å²) in [7, 11) is 0. The van der Waals surface area contributed by atoms with Crippen molar-refractivity contribution in [2.24, 2.45) is 11.8 Å². The molecule has 2 amide bonds. The molecule has 126 valence electrons. The van der Waals surface area contributed by atoms with Crippen LogP contribution in [0.4, 0.5) is 0 Å². The van der Waals surface area contributed by atoms with Gasteiger partial charge in [-0.25, -0.2) is 0 Å². The molecule has 0 radical (unpaired) electrons. The van der Waals surface area contributed by atoms with E-state index in [1.165, 1.54) is 23.1 Å². The largest absolute Gasteiger partial charge is 0.426 e. The Morgan fingerprint density at radius 1 is 1.08 bits per heavy atom. The number of rotatable bonds is 4. The first-order valence-corrected chi connectivity index (χ1v) is 8.39. The summed E-state index contributed by atoms with van der Waals surface area (Å²) >= 11 is 11.7. The van der Waals surface area contributed by atoms with Crippen molar-refractivity contribution in [3.05, 3.63) is 40.4 Å². The minimum Gasteiger partial charge on any atom is -0.426 e. The molecule has 24 heavy (non-hydrogen) atoms. The van der Waals surface area contributed by atoms with E-state index in [4.69, 9.17) is 27.9 Å². The zero-order valence-corrected chi connectivity index (χ0v) is 14.2. The quantitative estimate of drug-likeness (QED) is 0.354. The number of benzene rings is 1. The van der Waals surface area contributed by atoms with Crippen molar-refractivity contribution in [2.45, 2.75) is 19.3 Å². The van der Waals surface area contributed by atoms with E-state index in [1.54, 1.807) is 0 Å². The smallest absolute Gasteiger partial charge is 0.312 e. The maximum atomic E-state index is 12.3. The van der Waals surface area contributed by atoms with E-state index in [2.05, 4.69) is 0 Å². The minimum atomic E-state index is -0.540. The first kappa shape index (κ1) is 17.0. The normalized spacial score (nSPS) is 22.7. The van der Waals surface area contributed by atoms with Gasteiger partial charge in [-0.1, -0.05) is 35.4 Å². The Bertz CT molecular complexity index is 705. The van der Waals surface area contributed by atoms with Crippen LogP contribution in [0.1, 0.15) is 19.3 Å². The number of fused-ring (bicyclic) bond motifs is 1. The summed E-state index contributed by atoms with van der Waals surface area (Å²) < 4.78 is 5.16. The van der Waals surface area contributed by atoms with Gasteiger partial charge in [-0.2, -0.15) is 0 Å². The van der Waals surface area contributed by atoms with Crippen molar-refractivity contribution in [2.75, 3.05) is 6.54 Å². The zero-order valence-electron chi connectivity index (χ0n) is 12.7. The zero-order chi connectivity index (χ0) is 17.3. The number of hydrogen-bond acceptors (Lipinski definition) is 4. The van der Waals surface area contributed by atoms with E-state index >= 15 is 0 Å². The third-order valence-corrected chi connectivity index (χ3v) is 5.00. The Morgan fingerprint density at radius 2 is 1.71 bits per heavy atom. The number of carbonyl (C=O) groups excluding carboxylic acids is 3. The topological polar surface area (TPSA) is 63.7 Å². The van der Waals surface area contributed by atoms with Crippen molar-refractivity contribution >= 4 is 41.0 Å². The highest BCUT2D eigenvalue weighted by atomic mass is 35.5. The molecule has 5 nitrogen and oxygen atoms in total. The van der Waals surface area contributed by atoms with Crippen molar-refractivity contribution in [1.82, 2.24) is 4.90 Å². The van der Waals surface area contributed by atoms with Crippen molar-refractivity contribution in [3.63, 3.8) is 0 Å². The molecule has 2 atom stereocenters. The van der Waals surface area contributed by atoms with Gasteiger partial charge in [-0.15, -0.1) is 0 Å². The molecular formula is C17H15Cl2NO4. The molecular weight excluding hydrogens is 353 g/mol. The van der Waals surface area contributed by atoms with Gasteiger partial charge < -0.3 is 4.74 Å². The second-order valence-corrected chi connectivity index (χ2v) is 6.60. The van der Waals surface area contributed by atoms with Crippen LogP contribution in [0, 0.1) is 11.8 Å². The maximum absolute atomic E-state index is 12.3. The molecule has 0 bridgehead atoms. The molecule has 0 unspecified atom stereocenters. The predicted octanol–water partition coefficient (Wildman–Crippen LogP) is 3.24. The highest BCUT2D eigenvalue weighted by Gasteiger charge is 2.46. The van der Waals surface area contributed by atoms with Crippen LogP contribution < -0.4 is 4.74 Å². The molecule has 2 aliphatic rings. The number of ether oxygens (including phenoxy) is 1. The van der Waals surface area contributed by atoms with Crippen LogP contribution in [0.15, 0.2) is 30.4 Å². The third-order valence-electron chi connectivity index (χ3n) is 4.26. The second kappa shape index (κ2) is 6.95. The van der Waals surface area contributed by atoms with Crippen LogP contribution in [-0.4, -0.2) is 29.2 Å². The molecule has 1 heterocycles. The lowest BCUT2D eigenvalue weighted by Crippen LogP contribution is -2.33. The summed E-state index contributed by atoms with van der Waals surface area (Å²) in [6, 6.07) is 4.49. The van der Waals surface area contributed by atoms with Gasteiger partial charge in [0.2, 0.25) is 11.8 Å².